The SMILES string of the molecule is CC(OC1COC1)C(=O)[O-].[Li+]. The summed E-state index contributed by atoms with van der Waals surface area (Å²) in [4.78, 5) is 10.1. The van der Waals surface area contributed by atoms with Crippen molar-refractivity contribution >= 4 is 5.97 Å². The molecule has 0 aromatic rings. The molecule has 1 fully saturated rings. The zero-order valence-electron chi connectivity index (χ0n) is 6.70. The number of rotatable bonds is 3. The smallest absolute Gasteiger partial charge is 0.547 e. The van der Waals surface area contributed by atoms with Crippen LogP contribution >= 0.6 is 0 Å². The van der Waals surface area contributed by atoms with Crippen LogP contribution in [0, 0.1) is 0 Å². The maximum atomic E-state index is 10.1. The Bertz CT molecular complexity index is 135. The third-order valence-electron chi connectivity index (χ3n) is 1.34. The molecule has 0 bridgehead atoms. The van der Waals surface area contributed by atoms with Gasteiger partial charge < -0.3 is 19.4 Å². The molecule has 0 amide bonds. The van der Waals surface area contributed by atoms with Gasteiger partial charge in [0.2, 0.25) is 0 Å². The molecule has 0 spiro atoms. The largest absolute Gasteiger partial charge is 1.00 e. The molecule has 1 aliphatic rings. The van der Waals surface area contributed by atoms with Gasteiger partial charge in [-0.1, -0.05) is 0 Å². The molecule has 1 saturated heterocycles. The minimum absolute atomic E-state index is 0. The first-order chi connectivity index (χ1) is 4.70. The van der Waals surface area contributed by atoms with Gasteiger partial charge in [-0.15, -0.1) is 0 Å². The van der Waals surface area contributed by atoms with Crippen LogP contribution in [0.5, 0.6) is 0 Å². The van der Waals surface area contributed by atoms with Crippen LogP contribution in [0.2, 0.25) is 0 Å². The molecule has 0 aliphatic carbocycles. The van der Waals surface area contributed by atoms with E-state index in [1.165, 1.54) is 6.92 Å². The number of ether oxygens (including phenoxy) is 2. The van der Waals surface area contributed by atoms with Gasteiger partial charge in [0.05, 0.1) is 25.3 Å². The van der Waals surface area contributed by atoms with Crippen LogP contribution in [-0.2, 0) is 14.3 Å². The minimum atomic E-state index is -1.17. The molecule has 1 atom stereocenters. The van der Waals surface area contributed by atoms with Crippen molar-refractivity contribution in [2.24, 2.45) is 0 Å². The van der Waals surface area contributed by atoms with E-state index in [9.17, 15) is 9.90 Å². The molecule has 11 heavy (non-hydrogen) atoms. The van der Waals surface area contributed by atoms with E-state index in [-0.39, 0.29) is 25.0 Å². The van der Waals surface area contributed by atoms with Crippen molar-refractivity contribution in [1.29, 1.82) is 0 Å². The van der Waals surface area contributed by atoms with Gasteiger partial charge in [-0.05, 0) is 6.92 Å². The average Bonchev–Trinajstić information content (AvgIpc) is 1.77. The van der Waals surface area contributed by atoms with Crippen LogP contribution in [0.1, 0.15) is 6.92 Å². The molecule has 0 aromatic carbocycles. The second-order valence-corrected chi connectivity index (χ2v) is 2.26. The quantitative estimate of drug-likeness (QED) is 0.383. The van der Waals surface area contributed by atoms with Crippen molar-refractivity contribution in [1.82, 2.24) is 0 Å². The summed E-state index contributed by atoms with van der Waals surface area (Å²) in [6, 6.07) is 0. The van der Waals surface area contributed by atoms with Gasteiger partial charge in [0.15, 0.2) is 0 Å². The molecule has 58 valence electrons. The van der Waals surface area contributed by atoms with Gasteiger partial charge in [-0.25, -0.2) is 0 Å². The Kier molecular flexibility index (Phi) is 4.78. The molecule has 0 aromatic heterocycles. The van der Waals surface area contributed by atoms with Crippen LogP contribution in [-0.4, -0.2) is 31.4 Å². The van der Waals surface area contributed by atoms with E-state index in [2.05, 4.69) is 0 Å². The molecule has 0 saturated carbocycles. The summed E-state index contributed by atoms with van der Waals surface area (Å²) in [7, 11) is 0. The molecular formula is C6H9LiO4. The fourth-order valence-electron chi connectivity index (χ4n) is 0.637. The predicted octanol–water partition coefficient (Wildman–Crippen LogP) is -4.46. The van der Waals surface area contributed by atoms with Gasteiger partial charge >= 0.3 is 18.9 Å². The van der Waals surface area contributed by atoms with E-state index in [1.54, 1.807) is 0 Å². The summed E-state index contributed by atoms with van der Waals surface area (Å²) in [6.07, 6.45) is -0.873. The van der Waals surface area contributed by atoms with Crippen LogP contribution in [0.15, 0.2) is 0 Å². The first-order valence-corrected chi connectivity index (χ1v) is 3.14. The van der Waals surface area contributed by atoms with Crippen molar-refractivity contribution in [3.8, 4) is 0 Å². The monoisotopic (exact) mass is 152 g/mol. The van der Waals surface area contributed by atoms with E-state index < -0.39 is 12.1 Å². The summed E-state index contributed by atoms with van der Waals surface area (Å²) in [5.41, 5.74) is 0. The Morgan fingerprint density at radius 2 is 2.27 bits per heavy atom. The molecule has 1 heterocycles. The van der Waals surface area contributed by atoms with E-state index in [4.69, 9.17) is 9.47 Å². The van der Waals surface area contributed by atoms with Gasteiger partial charge in [0, 0.05) is 0 Å². The summed E-state index contributed by atoms with van der Waals surface area (Å²) < 4.78 is 9.74. The van der Waals surface area contributed by atoms with Crippen molar-refractivity contribution in [3.05, 3.63) is 0 Å². The number of carbonyl (C=O) groups is 1. The third kappa shape index (κ3) is 3.26. The topological polar surface area (TPSA) is 58.6 Å². The summed E-state index contributed by atoms with van der Waals surface area (Å²) in [5.74, 6) is -1.17. The molecule has 1 aliphatic heterocycles. The number of carboxylic acids is 1. The Morgan fingerprint density at radius 1 is 1.73 bits per heavy atom. The molecule has 1 rings (SSSR count). The Balaban J connectivity index is 0.000001000. The van der Waals surface area contributed by atoms with Gasteiger partial charge in [-0.2, -0.15) is 0 Å². The van der Waals surface area contributed by atoms with Crippen LogP contribution in [0.25, 0.3) is 0 Å². The zero-order valence-corrected chi connectivity index (χ0v) is 6.70. The third-order valence-corrected chi connectivity index (χ3v) is 1.34. The van der Waals surface area contributed by atoms with Crippen LogP contribution in [0.4, 0.5) is 0 Å². The van der Waals surface area contributed by atoms with Crippen molar-refractivity contribution in [3.63, 3.8) is 0 Å². The van der Waals surface area contributed by atoms with Crippen molar-refractivity contribution < 1.29 is 38.2 Å². The standard InChI is InChI=1S/C6H10O4.Li/c1-4(6(7)8)10-5-2-9-3-5;/h4-5H,2-3H2,1H3,(H,7,8);/q;+1/p-1. The minimum Gasteiger partial charge on any atom is -0.547 e. The van der Waals surface area contributed by atoms with Gasteiger partial charge in [0.1, 0.15) is 6.10 Å². The number of hydrogen-bond acceptors (Lipinski definition) is 4. The predicted molar refractivity (Wildman–Crippen MR) is 30.2 cm³/mol. The molecule has 1 unspecified atom stereocenters. The summed E-state index contributed by atoms with van der Waals surface area (Å²) in [6.45, 7) is 2.45. The number of carbonyl (C=O) groups excluding carboxylic acids is 1. The second-order valence-electron chi connectivity index (χ2n) is 2.26. The van der Waals surface area contributed by atoms with E-state index in [1.807, 2.05) is 0 Å². The van der Waals surface area contributed by atoms with E-state index >= 15 is 0 Å². The molecule has 0 N–H and O–H groups in total. The first-order valence-electron chi connectivity index (χ1n) is 3.14. The molecule has 5 heteroatoms. The van der Waals surface area contributed by atoms with Gasteiger partial charge in [-0.3, -0.25) is 0 Å². The molecular weight excluding hydrogens is 143 g/mol. The number of aliphatic carboxylic acids is 1. The summed E-state index contributed by atoms with van der Waals surface area (Å²) in [5, 5.41) is 10.1. The molecule has 0 radical (unpaired) electrons. The Morgan fingerprint density at radius 3 is 2.55 bits per heavy atom. The van der Waals surface area contributed by atoms with E-state index in [0.717, 1.165) is 0 Å². The second kappa shape index (κ2) is 4.78. The molecule has 4 nitrogen and oxygen atoms in total. The number of hydrogen-bond donors (Lipinski definition) is 0. The fourth-order valence-corrected chi connectivity index (χ4v) is 0.637. The zero-order chi connectivity index (χ0) is 7.56. The first kappa shape index (κ1) is 11.0. The normalized spacial score (nSPS) is 19.7. The van der Waals surface area contributed by atoms with Crippen molar-refractivity contribution in [2.45, 2.75) is 19.1 Å². The van der Waals surface area contributed by atoms with Crippen LogP contribution in [0.3, 0.4) is 0 Å². The average molecular weight is 152 g/mol. The summed E-state index contributed by atoms with van der Waals surface area (Å²) >= 11 is 0. The van der Waals surface area contributed by atoms with Crippen LogP contribution < -0.4 is 24.0 Å². The maximum absolute atomic E-state index is 10.1. The van der Waals surface area contributed by atoms with Crippen molar-refractivity contribution in [2.75, 3.05) is 13.2 Å². The Labute approximate surface area is 77.0 Å². The van der Waals surface area contributed by atoms with Gasteiger partial charge in [0.25, 0.3) is 0 Å². The maximum Gasteiger partial charge on any atom is 1.00 e. The van der Waals surface area contributed by atoms with E-state index in [0.29, 0.717) is 13.2 Å². The number of carboxylic acid groups (broad SMARTS) is 1. The fraction of sp³-hybridized carbons (Fsp3) is 0.833. The Hall–Kier alpha value is -0.0126.